The molecule has 19 heavy (non-hydrogen) atoms. The summed E-state index contributed by atoms with van der Waals surface area (Å²) < 4.78 is 13.5. The largest absolute Gasteiger partial charge is 0.393 e. The van der Waals surface area contributed by atoms with Crippen molar-refractivity contribution in [2.75, 3.05) is 13.1 Å². The van der Waals surface area contributed by atoms with Gasteiger partial charge in [-0.25, -0.2) is 4.39 Å². The Hall–Kier alpha value is -1.01. The van der Waals surface area contributed by atoms with Crippen molar-refractivity contribution in [1.29, 1.82) is 0 Å². The molecule has 1 aromatic carbocycles. The molecule has 0 aromatic heterocycles. The Morgan fingerprint density at radius 1 is 1.53 bits per heavy atom. The average Bonchev–Trinajstić information content (AvgIpc) is 2.38. The third-order valence-electron chi connectivity index (χ3n) is 3.27. The summed E-state index contributed by atoms with van der Waals surface area (Å²) in [6.07, 6.45) is 1.80. The predicted octanol–water partition coefficient (Wildman–Crippen LogP) is 2.73. The Morgan fingerprint density at radius 2 is 2.26 bits per heavy atom. The molecule has 2 N–H and O–H groups in total. The molecule has 1 aromatic rings. The summed E-state index contributed by atoms with van der Waals surface area (Å²) in [7, 11) is 0. The van der Waals surface area contributed by atoms with Crippen molar-refractivity contribution in [1.82, 2.24) is 4.90 Å². The minimum absolute atomic E-state index is 0.0759. The van der Waals surface area contributed by atoms with Crippen LogP contribution in [0.1, 0.15) is 23.2 Å². The van der Waals surface area contributed by atoms with Crippen molar-refractivity contribution < 1.29 is 9.18 Å². The van der Waals surface area contributed by atoms with E-state index in [9.17, 15) is 9.18 Å². The van der Waals surface area contributed by atoms with Crippen LogP contribution in [0.5, 0.6) is 0 Å². The molecule has 1 fully saturated rings. The zero-order valence-corrected chi connectivity index (χ0v) is 12.6. The van der Waals surface area contributed by atoms with Crippen molar-refractivity contribution in [3.63, 3.8) is 0 Å². The van der Waals surface area contributed by atoms with Gasteiger partial charge in [0, 0.05) is 23.5 Å². The molecule has 1 saturated heterocycles. The van der Waals surface area contributed by atoms with Crippen LogP contribution in [0.15, 0.2) is 22.7 Å². The highest BCUT2D eigenvalue weighted by Gasteiger charge is 2.26. The van der Waals surface area contributed by atoms with E-state index in [1.165, 1.54) is 18.2 Å². The molecule has 0 radical (unpaired) electrons. The fraction of sp³-hybridized carbons (Fsp3) is 0.385. The molecule has 2 rings (SSSR count). The van der Waals surface area contributed by atoms with Gasteiger partial charge in [0.15, 0.2) is 0 Å². The number of piperidine rings is 1. The van der Waals surface area contributed by atoms with Crippen LogP contribution in [0.2, 0.25) is 0 Å². The summed E-state index contributed by atoms with van der Waals surface area (Å²) in [6, 6.07) is 4.07. The molecule has 1 amide bonds. The molecular weight excluding hydrogens is 331 g/mol. The van der Waals surface area contributed by atoms with Crippen molar-refractivity contribution in [3.8, 4) is 0 Å². The predicted molar refractivity (Wildman–Crippen MR) is 79.5 cm³/mol. The normalized spacial score (nSPS) is 19.3. The monoisotopic (exact) mass is 344 g/mol. The van der Waals surface area contributed by atoms with Gasteiger partial charge in [-0.3, -0.25) is 4.79 Å². The lowest BCUT2D eigenvalue weighted by atomic mass is 9.97. The molecule has 0 aliphatic carbocycles. The number of hydrogen-bond donors (Lipinski definition) is 1. The van der Waals surface area contributed by atoms with Crippen LogP contribution in [0.4, 0.5) is 4.39 Å². The highest BCUT2D eigenvalue weighted by atomic mass is 79.9. The lowest BCUT2D eigenvalue weighted by Gasteiger charge is -2.32. The third-order valence-corrected chi connectivity index (χ3v) is 4.26. The Bertz CT molecular complexity index is 523. The number of rotatable bonds is 2. The van der Waals surface area contributed by atoms with Gasteiger partial charge in [0.1, 0.15) is 5.82 Å². The van der Waals surface area contributed by atoms with Gasteiger partial charge in [0.2, 0.25) is 0 Å². The molecule has 1 atom stereocenters. The smallest absolute Gasteiger partial charge is 0.255 e. The topological polar surface area (TPSA) is 46.3 Å². The van der Waals surface area contributed by atoms with Gasteiger partial charge in [0.25, 0.3) is 5.91 Å². The zero-order valence-electron chi connectivity index (χ0n) is 10.2. The van der Waals surface area contributed by atoms with Crippen LogP contribution in [0.3, 0.4) is 0 Å². The molecule has 0 bridgehead atoms. The van der Waals surface area contributed by atoms with E-state index in [1.807, 2.05) is 0 Å². The quantitative estimate of drug-likeness (QED) is 0.839. The molecule has 6 heteroatoms. The molecule has 0 spiro atoms. The van der Waals surface area contributed by atoms with Crippen LogP contribution in [-0.2, 0) is 0 Å². The first-order chi connectivity index (χ1) is 8.99. The van der Waals surface area contributed by atoms with Crippen molar-refractivity contribution in [2.24, 2.45) is 11.7 Å². The lowest BCUT2D eigenvalue weighted by Crippen LogP contribution is -2.43. The van der Waals surface area contributed by atoms with E-state index < -0.39 is 0 Å². The number of nitrogens with zero attached hydrogens (tertiary/aromatic N) is 1. The van der Waals surface area contributed by atoms with Crippen molar-refractivity contribution in [3.05, 3.63) is 34.1 Å². The molecule has 1 unspecified atom stereocenters. The first kappa shape index (κ1) is 14.4. The standard InChI is InChI=1S/C13H14BrFN2OS/c14-11-6-9(15)3-4-10(11)13(18)17-5-1-2-8(7-17)12(16)19/h3-4,6,8H,1-2,5,7H2,(H2,16,19). The summed E-state index contributed by atoms with van der Waals surface area (Å²) in [4.78, 5) is 14.6. The van der Waals surface area contributed by atoms with Gasteiger partial charge in [-0.05, 0) is 47.0 Å². The van der Waals surface area contributed by atoms with E-state index in [1.54, 1.807) is 4.90 Å². The van der Waals surface area contributed by atoms with E-state index in [0.29, 0.717) is 28.1 Å². The highest BCUT2D eigenvalue weighted by Crippen LogP contribution is 2.23. The maximum atomic E-state index is 13.0. The molecule has 102 valence electrons. The molecule has 1 aliphatic rings. The number of carbonyl (C=O) groups excluding carboxylic acids is 1. The molecule has 1 heterocycles. The SMILES string of the molecule is NC(=S)C1CCCN(C(=O)c2ccc(F)cc2Br)C1. The van der Waals surface area contributed by atoms with Crippen LogP contribution >= 0.6 is 28.1 Å². The van der Waals surface area contributed by atoms with Gasteiger partial charge in [-0.1, -0.05) is 12.2 Å². The number of hydrogen-bond acceptors (Lipinski definition) is 2. The number of nitrogens with two attached hydrogens (primary N) is 1. The van der Waals surface area contributed by atoms with E-state index >= 15 is 0 Å². The summed E-state index contributed by atoms with van der Waals surface area (Å²) >= 11 is 8.22. The van der Waals surface area contributed by atoms with Crippen molar-refractivity contribution in [2.45, 2.75) is 12.8 Å². The van der Waals surface area contributed by atoms with E-state index in [2.05, 4.69) is 15.9 Å². The number of halogens is 2. The number of amides is 1. The van der Waals surface area contributed by atoms with Gasteiger partial charge in [0.05, 0.1) is 10.6 Å². The summed E-state index contributed by atoms with van der Waals surface area (Å²) in [6.45, 7) is 1.22. The number of thiocarbonyl (C=S) groups is 1. The first-order valence-corrected chi connectivity index (χ1v) is 7.23. The molecular formula is C13H14BrFN2OS. The Kier molecular flexibility index (Phi) is 4.52. The second kappa shape index (κ2) is 5.96. The summed E-state index contributed by atoms with van der Waals surface area (Å²) in [5.74, 6) is -0.414. The van der Waals surface area contributed by atoms with E-state index in [-0.39, 0.29) is 17.6 Å². The summed E-state index contributed by atoms with van der Waals surface area (Å²) in [5.41, 5.74) is 6.12. The van der Waals surface area contributed by atoms with E-state index in [0.717, 1.165) is 12.8 Å². The fourth-order valence-electron chi connectivity index (χ4n) is 2.23. The maximum Gasteiger partial charge on any atom is 0.255 e. The molecule has 3 nitrogen and oxygen atoms in total. The fourth-order valence-corrected chi connectivity index (χ4v) is 2.94. The van der Waals surface area contributed by atoms with Gasteiger partial charge < -0.3 is 10.6 Å². The highest BCUT2D eigenvalue weighted by molar-refractivity contribution is 9.10. The Morgan fingerprint density at radius 3 is 2.89 bits per heavy atom. The van der Waals surface area contributed by atoms with Crippen LogP contribution < -0.4 is 5.73 Å². The van der Waals surface area contributed by atoms with Crippen molar-refractivity contribution >= 4 is 39.0 Å². The lowest BCUT2D eigenvalue weighted by molar-refractivity contribution is 0.0702. The van der Waals surface area contributed by atoms with Crippen LogP contribution in [0.25, 0.3) is 0 Å². The van der Waals surface area contributed by atoms with Crippen LogP contribution in [0, 0.1) is 11.7 Å². The minimum atomic E-state index is -0.372. The number of likely N-dealkylation sites (tertiary alicyclic amines) is 1. The van der Waals surface area contributed by atoms with Gasteiger partial charge >= 0.3 is 0 Å². The molecule has 0 saturated carbocycles. The zero-order chi connectivity index (χ0) is 14.0. The van der Waals surface area contributed by atoms with Gasteiger partial charge in [-0.2, -0.15) is 0 Å². The minimum Gasteiger partial charge on any atom is -0.393 e. The number of carbonyl (C=O) groups is 1. The Labute approximate surface area is 125 Å². The van der Waals surface area contributed by atoms with E-state index in [4.69, 9.17) is 18.0 Å². The average molecular weight is 345 g/mol. The first-order valence-electron chi connectivity index (χ1n) is 6.02. The number of benzene rings is 1. The summed E-state index contributed by atoms with van der Waals surface area (Å²) in [5, 5.41) is 0. The Balaban J connectivity index is 2.17. The second-order valence-corrected chi connectivity index (χ2v) is 5.94. The van der Waals surface area contributed by atoms with Crippen LogP contribution in [-0.4, -0.2) is 28.9 Å². The third kappa shape index (κ3) is 3.30. The molecule has 1 aliphatic heterocycles. The maximum absolute atomic E-state index is 13.0. The van der Waals surface area contributed by atoms with Gasteiger partial charge in [-0.15, -0.1) is 0 Å². The second-order valence-electron chi connectivity index (χ2n) is 4.62.